The summed E-state index contributed by atoms with van der Waals surface area (Å²) in [5.41, 5.74) is 3.43. The number of nitrogens with zero attached hydrogens (tertiary/aromatic N) is 3. The van der Waals surface area contributed by atoms with E-state index in [9.17, 15) is 18.0 Å². The first kappa shape index (κ1) is 24.7. The van der Waals surface area contributed by atoms with E-state index in [-0.39, 0.29) is 23.3 Å². The maximum atomic E-state index is 13.6. The van der Waals surface area contributed by atoms with Gasteiger partial charge in [-0.1, -0.05) is 35.9 Å². The van der Waals surface area contributed by atoms with Crippen molar-refractivity contribution >= 4 is 55.7 Å². The number of aryl methyl sites for hydroxylation is 1. The Labute approximate surface area is 225 Å². The quantitative estimate of drug-likeness (QED) is 0.274. The highest BCUT2D eigenvalue weighted by Gasteiger charge is 2.49. The molecule has 38 heavy (non-hydrogen) atoms. The number of amides is 2. The first-order valence-electron chi connectivity index (χ1n) is 12.1. The van der Waals surface area contributed by atoms with Crippen LogP contribution in [0.15, 0.2) is 83.9 Å². The molecule has 0 radical (unpaired) electrons. The van der Waals surface area contributed by atoms with Gasteiger partial charge < -0.3 is 14.5 Å². The van der Waals surface area contributed by atoms with Crippen LogP contribution in [0.1, 0.15) is 17.2 Å². The van der Waals surface area contributed by atoms with Crippen LogP contribution < -0.4 is 9.80 Å². The predicted octanol–water partition coefficient (Wildman–Crippen LogP) is 4.25. The van der Waals surface area contributed by atoms with Gasteiger partial charge in [0.1, 0.15) is 12.0 Å². The number of hydrogen-bond acceptors (Lipinski definition) is 5. The van der Waals surface area contributed by atoms with Crippen molar-refractivity contribution in [2.75, 3.05) is 29.6 Å². The van der Waals surface area contributed by atoms with E-state index in [0.29, 0.717) is 35.3 Å². The maximum absolute atomic E-state index is 13.6. The van der Waals surface area contributed by atoms with Crippen molar-refractivity contribution in [2.24, 2.45) is 0 Å². The van der Waals surface area contributed by atoms with Crippen molar-refractivity contribution in [3.8, 4) is 0 Å². The molecule has 8 nitrogen and oxygen atoms in total. The molecule has 0 saturated carbocycles. The van der Waals surface area contributed by atoms with Crippen LogP contribution in [-0.2, 0) is 24.3 Å². The van der Waals surface area contributed by atoms with Crippen molar-refractivity contribution in [1.29, 1.82) is 0 Å². The fraction of sp³-hybridized carbons (Fsp3) is 0.214. The second-order valence-corrected chi connectivity index (χ2v) is 11.7. The number of anilines is 2. The minimum atomic E-state index is -3.89. The van der Waals surface area contributed by atoms with E-state index in [1.807, 2.05) is 19.1 Å². The highest BCUT2D eigenvalue weighted by Crippen LogP contribution is 2.45. The van der Waals surface area contributed by atoms with Gasteiger partial charge in [-0.25, -0.2) is 12.4 Å². The molecule has 2 amide bonds. The lowest BCUT2D eigenvalue weighted by Crippen LogP contribution is -2.56. The lowest BCUT2D eigenvalue weighted by Gasteiger charge is -2.44. The normalized spacial score (nSPS) is 20.2. The van der Waals surface area contributed by atoms with Gasteiger partial charge in [-0.3, -0.25) is 9.59 Å². The molecule has 10 heteroatoms. The van der Waals surface area contributed by atoms with Crippen molar-refractivity contribution in [1.82, 2.24) is 3.97 Å². The number of halogens is 1. The standard InChI is InChI=1S/C28H24ClN3O5S/c1-18-6-12-21(13-7-18)38(35,36)31-16-23(22-4-2-3-5-24(22)31)27-26(29)28(34)32(27)20-10-8-19(9-11-20)30-14-15-37-17-25(30)33/h2-13,16,26-27H,14-15,17H2,1H3. The van der Waals surface area contributed by atoms with Crippen LogP contribution in [-0.4, -0.2) is 49.3 Å². The van der Waals surface area contributed by atoms with Gasteiger partial charge in [-0.2, -0.15) is 0 Å². The van der Waals surface area contributed by atoms with Gasteiger partial charge in [0.25, 0.3) is 15.9 Å². The molecule has 2 saturated heterocycles. The number of fused-ring (bicyclic) bond motifs is 1. The number of hydrogen-bond donors (Lipinski definition) is 0. The number of morpholine rings is 1. The summed E-state index contributed by atoms with van der Waals surface area (Å²) in [5.74, 6) is -0.393. The number of alkyl halides is 1. The third kappa shape index (κ3) is 3.89. The van der Waals surface area contributed by atoms with E-state index in [2.05, 4.69) is 0 Å². The van der Waals surface area contributed by atoms with E-state index in [0.717, 1.165) is 11.3 Å². The van der Waals surface area contributed by atoms with Crippen LogP contribution in [0.5, 0.6) is 0 Å². The molecule has 0 N–H and O–H groups in total. The summed E-state index contributed by atoms with van der Waals surface area (Å²) in [7, 11) is -3.89. The van der Waals surface area contributed by atoms with Crippen LogP contribution in [0.2, 0.25) is 0 Å². The molecule has 2 atom stereocenters. The molecule has 1 aromatic heterocycles. The highest BCUT2D eigenvalue weighted by molar-refractivity contribution is 7.90. The number of benzene rings is 3. The third-order valence-corrected chi connectivity index (χ3v) is 9.17. The van der Waals surface area contributed by atoms with Crippen molar-refractivity contribution < 1.29 is 22.7 Å². The number of β-lactam (4-membered cyclic amide) rings is 1. The van der Waals surface area contributed by atoms with Crippen LogP contribution in [0.25, 0.3) is 10.9 Å². The monoisotopic (exact) mass is 549 g/mol. The first-order valence-corrected chi connectivity index (χ1v) is 14.0. The van der Waals surface area contributed by atoms with E-state index in [1.54, 1.807) is 76.7 Å². The minimum Gasteiger partial charge on any atom is -0.370 e. The Bertz CT molecular complexity index is 1670. The summed E-state index contributed by atoms with van der Waals surface area (Å²) in [5, 5.41) is -0.149. The molecule has 3 heterocycles. The van der Waals surface area contributed by atoms with Crippen LogP contribution in [0, 0.1) is 6.92 Å². The molecular formula is C28H24ClN3O5S. The molecule has 4 aromatic rings. The van der Waals surface area contributed by atoms with Crippen molar-refractivity contribution in [3.05, 3.63) is 90.1 Å². The molecule has 0 spiro atoms. The lowest BCUT2D eigenvalue weighted by molar-refractivity contribution is -0.126. The van der Waals surface area contributed by atoms with Gasteiger partial charge in [-0.05, 0) is 49.4 Å². The lowest BCUT2D eigenvalue weighted by atomic mass is 9.92. The molecule has 194 valence electrons. The molecule has 3 aromatic carbocycles. The summed E-state index contributed by atoms with van der Waals surface area (Å²) in [6.45, 7) is 2.86. The van der Waals surface area contributed by atoms with Gasteiger partial charge in [0.2, 0.25) is 5.91 Å². The van der Waals surface area contributed by atoms with Gasteiger partial charge in [0, 0.05) is 35.1 Å². The van der Waals surface area contributed by atoms with E-state index in [4.69, 9.17) is 16.3 Å². The number of para-hydroxylation sites is 1. The Kier molecular flexibility index (Phi) is 6.02. The number of carbonyl (C=O) groups excluding carboxylic acids is 2. The molecule has 2 aliphatic rings. The molecule has 0 aliphatic carbocycles. The summed E-state index contributed by atoms with van der Waals surface area (Å²) < 4.78 is 33.7. The van der Waals surface area contributed by atoms with E-state index < -0.39 is 21.4 Å². The number of aromatic nitrogens is 1. The van der Waals surface area contributed by atoms with Gasteiger partial charge in [0.15, 0.2) is 0 Å². The second-order valence-electron chi connectivity index (χ2n) is 9.38. The zero-order valence-electron chi connectivity index (χ0n) is 20.5. The first-order chi connectivity index (χ1) is 18.3. The van der Waals surface area contributed by atoms with Crippen LogP contribution in [0.4, 0.5) is 11.4 Å². The Morgan fingerprint density at radius 1 is 0.921 bits per heavy atom. The molecule has 0 bridgehead atoms. The average molecular weight is 550 g/mol. The topological polar surface area (TPSA) is 88.9 Å². The Balaban J connectivity index is 1.39. The van der Waals surface area contributed by atoms with Crippen molar-refractivity contribution in [2.45, 2.75) is 23.2 Å². The van der Waals surface area contributed by atoms with Crippen LogP contribution in [0.3, 0.4) is 0 Å². The molecule has 2 unspecified atom stereocenters. The fourth-order valence-electron chi connectivity index (χ4n) is 5.06. The summed E-state index contributed by atoms with van der Waals surface area (Å²) >= 11 is 6.56. The SMILES string of the molecule is Cc1ccc(S(=O)(=O)n2cc(C3C(Cl)C(=O)N3c3ccc(N4CCOCC4=O)cc3)c3ccccc32)cc1. The zero-order valence-corrected chi connectivity index (χ0v) is 22.0. The highest BCUT2D eigenvalue weighted by atomic mass is 35.5. The van der Waals surface area contributed by atoms with Gasteiger partial charge in [-0.15, -0.1) is 11.6 Å². The largest absolute Gasteiger partial charge is 0.370 e. The summed E-state index contributed by atoms with van der Waals surface area (Å²) in [6.07, 6.45) is 1.57. The Morgan fingerprint density at radius 2 is 1.61 bits per heavy atom. The minimum absolute atomic E-state index is 0.0396. The molecule has 2 aliphatic heterocycles. The number of carbonyl (C=O) groups is 2. The van der Waals surface area contributed by atoms with Gasteiger partial charge in [0.05, 0.1) is 23.1 Å². The summed E-state index contributed by atoms with van der Waals surface area (Å²) in [6, 6.07) is 20.4. The Hall–Kier alpha value is -3.66. The Morgan fingerprint density at radius 3 is 2.32 bits per heavy atom. The molecular weight excluding hydrogens is 526 g/mol. The zero-order chi connectivity index (χ0) is 26.6. The number of rotatable bonds is 5. The average Bonchev–Trinajstić information content (AvgIpc) is 3.31. The van der Waals surface area contributed by atoms with Gasteiger partial charge >= 0.3 is 0 Å². The van der Waals surface area contributed by atoms with Crippen LogP contribution >= 0.6 is 11.6 Å². The van der Waals surface area contributed by atoms with E-state index in [1.165, 1.54) is 3.97 Å². The predicted molar refractivity (Wildman–Crippen MR) is 145 cm³/mol. The smallest absolute Gasteiger partial charge is 0.268 e. The fourth-order valence-corrected chi connectivity index (χ4v) is 6.79. The number of ether oxygens (including phenoxy) is 1. The second kappa shape index (κ2) is 9.27. The van der Waals surface area contributed by atoms with Crippen molar-refractivity contribution in [3.63, 3.8) is 0 Å². The third-order valence-electron chi connectivity index (χ3n) is 7.06. The molecule has 6 rings (SSSR count). The van der Waals surface area contributed by atoms with E-state index >= 15 is 0 Å². The summed E-state index contributed by atoms with van der Waals surface area (Å²) in [4.78, 5) is 28.6. The maximum Gasteiger partial charge on any atom is 0.268 e. The molecule has 2 fully saturated rings.